The first kappa shape index (κ1) is 27.2. The van der Waals surface area contributed by atoms with E-state index >= 15 is 4.39 Å². The molecule has 0 radical (unpaired) electrons. The van der Waals surface area contributed by atoms with Crippen LogP contribution in [-0.4, -0.2) is 61.7 Å². The maximum absolute atomic E-state index is 16.2. The lowest BCUT2D eigenvalue weighted by atomic mass is 9.66. The van der Waals surface area contributed by atoms with Crippen LogP contribution < -0.4 is 10.2 Å². The third-order valence-corrected chi connectivity index (χ3v) is 8.29. The summed E-state index contributed by atoms with van der Waals surface area (Å²) >= 11 is 6.43. The van der Waals surface area contributed by atoms with Crippen molar-refractivity contribution in [1.29, 1.82) is 0 Å². The number of likely N-dealkylation sites (tertiary alicyclic amines) is 1. The maximum atomic E-state index is 16.2. The van der Waals surface area contributed by atoms with Gasteiger partial charge in [0.1, 0.15) is 11.5 Å². The van der Waals surface area contributed by atoms with Crippen LogP contribution in [0.3, 0.4) is 0 Å². The zero-order chi connectivity index (χ0) is 28.9. The van der Waals surface area contributed by atoms with Crippen LogP contribution in [0.5, 0.6) is 0 Å². The molecular formula is C28H27ClFN7O4. The van der Waals surface area contributed by atoms with Crippen molar-refractivity contribution in [3.63, 3.8) is 0 Å². The molecule has 2 fully saturated rings. The highest BCUT2D eigenvalue weighted by molar-refractivity contribution is 6.32. The molecule has 0 aliphatic carbocycles. The highest BCUT2D eigenvalue weighted by Crippen LogP contribution is 2.48. The van der Waals surface area contributed by atoms with Gasteiger partial charge in [-0.2, -0.15) is 4.98 Å². The molecule has 0 bridgehead atoms. The Labute approximate surface area is 239 Å². The van der Waals surface area contributed by atoms with Gasteiger partial charge < -0.3 is 9.63 Å². The van der Waals surface area contributed by atoms with Gasteiger partial charge in [-0.15, -0.1) is 0 Å². The minimum Gasteiger partial charge on any atom is -0.384 e. The molecule has 2 saturated heterocycles. The molecule has 4 aromatic rings. The second-order valence-electron chi connectivity index (χ2n) is 11.1. The first-order valence-corrected chi connectivity index (χ1v) is 13.5. The van der Waals surface area contributed by atoms with Gasteiger partial charge in [-0.25, -0.2) is 9.18 Å². The lowest BCUT2D eigenvalue weighted by molar-refractivity contribution is -0.128. The molecule has 0 unspecified atom stereocenters. The second kappa shape index (κ2) is 10.1. The van der Waals surface area contributed by atoms with E-state index in [4.69, 9.17) is 16.1 Å². The van der Waals surface area contributed by atoms with Gasteiger partial charge in [0.2, 0.25) is 18.1 Å². The van der Waals surface area contributed by atoms with E-state index in [1.165, 1.54) is 23.6 Å². The number of nitrogens with one attached hydrogen (secondary N) is 1. The largest absolute Gasteiger partial charge is 0.384 e. The molecule has 5 heterocycles. The molecule has 3 amide bonds. The number of amides is 3. The van der Waals surface area contributed by atoms with Crippen molar-refractivity contribution < 1.29 is 23.6 Å². The number of carbonyl (C=O) groups excluding carboxylic acids is 2. The number of pyridine rings is 2. The van der Waals surface area contributed by atoms with E-state index in [2.05, 4.69) is 30.3 Å². The number of nitrogens with zero attached hydrogens (tertiary/aromatic N) is 6. The summed E-state index contributed by atoms with van der Waals surface area (Å²) in [7, 11) is 0. The minimum atomic E-state index is -1.47. The third kappa shape index (κ3) is 4.81. The van der Waals surface area contributed by atoms with E-state index < -0.39 is 22.9 Å². The highest BCUT2D eigenvalue weighted by atomic mass is 35.5. The summed E-state index contributed by atoms with van der Waals surface area (Å²) in [5.74, 6) is -0.633. The Hall–Kier alpha value is -4.00. The van der Waals surface area contributed by atoms with Gasteiger partial charge in [0, 0.05) is 55.2 Å². The van der Waals surface area contributed by atoms with Crippen molar-refractivity contribution in [2.24, 2.45) is 5.41 Å². The molecule has 212 valence electrons. The maximum Gasteiger partial charge on any atom is 0.328 e. The third-order valence-electron chi connectivity index (χ3n) is 8.00. The second-order valence-corrected chi connectivity index (χ2v) is 11.5. The molecule has 1 atom stereocenters. The lowest BCUT2D eigenvalue weighted by Crippen LogP contribution is -2.55. The number of hydrogen-bond acceptors (Lipinski definition) is 9. The van der Waals surface area contributed by atoms with E-state index in [9.17, 15) is 14.7 Å². The Morgan fingerprint density at radius 2 is 1.98 bits per heavy atom. The molecule has 2 N–H and O–H groups in total. The SMILES string of the molecule is CC1(C)CN(Cc2cnc(-c3ncon3)c(Cl)c2)CC[C@]1(O)c1ccc2ncc(N3CCC(=O)NC3=O)cc2c1F. The summed E-state index contributed by atoms with van der Waals surface area (Å²) in [6, 6.07) is 6.04. The van der Waals surface area contributed by atoms with Crippen LogP contribution in [0.2, 0.25) is 5.02 Å². The molecule has 3 aromatic heterocycles. The molecule has 11 nitrogen and oxygen atoms in total. The van der Waals surface area contributed by atoms with Gasteiger partial charge >= 0.3 is 6.03 Å². The van der Waals surface area contributed by atoms with E-state index in [1.54, 1.807) is 24.4 Å². The number of aromatic nitrogens is 4. The minimum absolute atomic E-state index is 0.141. The average Bonchev–Trinajstić information content (AvgIpc) is 3.46. The summed E-state index contributed by atoms with van der Waals surface area (Å²) in [6.07, 6.45) is 4.82. The normalized spacial score (nSPS) is 21.3. The number of carbonyl (C=O) groups is 2. The predicted octanol–water partition coefficient (Wildman–Crippen LogP) is 4.04. The number of aliphatic hydroxyl groups is 1. The van der Waals surface area contributed by atoms with Crippen LogP contribution in [0, 0.1) is 11.2 Å². The number of rotatable bonds is 5. The van der Waals surface area contributed by atoms with Gasteiger partial charge in [-0.1, -0.05) is 36.7 Å². The van der Waals surface area contributed by atoms with Crippen LogP contribution in [0.25, 0.3) is 22.4 Å². The summed E-state index contributed by atoms with van der Waals surface area (Å²) in [6.45, 7) is 5.51. The number of fused-ring (bicyclic) bond motifs is 1. The molecule has 6 rings (SSSR count). The average molecular weight is 580 g/mol. The van der Waals surface area contributed by atoms with Crippen LogP contribution in [0.4, 0.5) is 14.9 Å². The van der Waals surface area contributed by atoms with E-state index in [-0.39, 0.29) is 36.2 Å². The fourth-order valence-corrected chi connectivity index (χ4v) is 6.03. The number of halogens is 2. The Morgan fingerprint density at radius 1 is 1.15 bits per heavy atom. The predicted molar refractivity (Wildman–Crippen MR) is 147 cm³/mol. The standard InChI is InChI=1S/C28H27ClFN7O4/c1-27(2)14-36(13-16-9-20(29)24(32-11-16)25-33-15-41-35-25)8-6-28(27,40)19-3-4-21-18(23(19)30)10-17(12-31-21)37-7-5-22(38)34-26(37)39/h3-4,9-12,15,40H,5-8,13-14H2,1-2H3,(H,34,38,39)/t28-/m0/s1. The number of anilines is 1. The van der Waals surface area contributed by atoms with Crippen LogP contribution >= 0.6 is 11.6 Å². The lowest BCUT2D eigenvalue weighted by Gasteiger charge is -2.50. The number of urea groups is 1. The first-order chi connectivity index (χ1) is 19.6. The van der Waals surface area contributed by atoms with Crippen LogP contribution in [0.1, 0.15) is 37.8 Å². The van der Waals surface area contributed by atoms with Gasteiger partial charge in [-0.3, -0.25) is 29.9 Å². The van der Waals surface area contributed by atoms with Crippen molar-refractivity contribution in [2.75, 3.05) is 24.5 Å². The topological polar surface area (TPSA) is 138 Å². The van der Waals surface area contributed by atoms with Gasteiger partial charge in [0.15, 0.2) is 0 Å². The fourth-order valence-electron chi connectivity index (χ4n) is 5.75. The van der Waals surface area contributed by atoms with Gasteiger partial charge in [0.05, 0.1) is 28.0 Å². The van der Waals surface area contributed by atoms with Crippen molar-refractivity contribution in [3.05, 3.63) is 65.0 Å². The van der Waals surface area contributed by atoms with Crippen molar-refractivity contribution in [2.45, 2.75) is 38.8 Å². The number of imide groups is 1. The van der Waals surface area contributed by atoms with Crippen LogP contribution in [0.15, 0.2) is 47.6 Å². The molecule has 41 heavy (non-hydrogen) atoms. The zero-order valence-corrected chi connectivity index (χ0v) is 23.2. The number of benzene rings is 1. The van der Waals surface area contributed by atoms with E-state index in [0.29, 0.717) is 47.4 Å². The quantitative estimate of drug-likeness (QED) is 0.359. The number of piperidine rings is 1. The Balaban J connectivity index is 1.24. The number of hydrogen-bond donors (Lipinski definition) is 2. The Morgan fingerprint density at radius 3 is 2.68 bits per heavy atom. The van der Waals surface area contributed by atoms with Crippen LogP contribution in [-0.2, 0) is 16.9 Å². The summed E-state index contributed by atoms with van der Waals surface area (Å²) in [4.78, 5) is 40.1. The summed E-state index contributed by atoms with van der Waals surface area (Å²) < 4.78 is 20.9. The Bertz CT molecular complexity index is 1660. The molecule has 0 spiro atoms. The molecule has 2 aliphatic rings. The Kier molecular flexibility index (Phi) is 6.71. The van der Waals surface area contributed by atoms with E-state index in [1.807, 2.05) is 13.8 Å². The van der Waals surface area contributed by atoms with Gasteiger partial charge in [-0.05, 0) is 30.2 Å². The molecule has 1 aromatic carbocycles. The summed E-state index contributed by atoms with van der Waals surface area (Å²) in [5.41, 5.74) is 0.0539. The monoisotopic (exact) mass is 579 g/mol. The first-order valence-electron chi connectivity index (χ1n) is 13.1. The highest BCUT2D eigenvalue weighted by Gasteiger charge is 2.50. The van der Waals surface area contributed by atoms with Crippen molar-refractivity contribution >= 4 is 40.1 Å². The summed E-state index contributed by atoms with van der Waals surface area (Å²) in [5, 5.41) is 18.7. The van der Waals surface area contributed by atoms with Crippen molar-refractivity contribution in [3.8, 4) is 11.5 Å². The zero-order valence-electron chi connectivity index (χ0n) is 22.4. The van der Waals surface area contributed by atoms with Crippen molar-refractivity contribution in [1.82, 2.24) is 30.3 Å². The smallest absolute Gasteiger partial charge is 0.328 e. The molecule has 13 heteroatoms. The molecule has 0 saturated carbocycles. The molecular weight excluding hydrogens is 553 g/mol. The van der Waals surface area contributed by atoms with Gasteiger partial charge in [0.25, 0.3) is 0 Å². The van der Waals surface area contributed by atoms with E-state index in [0.717, 1.165) is 5.56 Å². The molecule has 2 aliphatic heterocycles. The fraction of sp³-hybridized carbons (Fsp3) is 0.357.